The van der Waals surface area contributed by atoms with Crippen molar-refractivity contribution in [3.05, 3.63) is 92.4 Å². The van der Waals surface area contributed by atoms with Crippen LogP contribution in [0.3, 0.4) is 0 Å². The third-order valence-electron chi connectivity index (χ3n) is 6.73. The number of alkyl halides is 3. The Morgan fingerprint density at radius 3 is 2.36 bits per heavy atom. The van der Waals surface area contributed by atoms with Gasteiger partial charge in [0.25, 0.3) is 0 Å². The smallest absolute Gasteiger partial charge is 0.392 e. The zero-order chi connectivity index (χ0) is 30.6. The van der Waals surface area contributed by atoms with E-state index in [0.717, 1.165) is 12.5 Å². The minimum Gasteiger partial charge on any atom is -0.392 e. The second kappa shape index (κ2) is 11.2. The van der Waals surface area contributed by atoms with E-state index in [0.29, 0.717) is 38.1 Å². The molecule has 42 heavy (non-hydrogen) atoms. The van der Waals surface area contributed by atoms with E-state index in [-0.39, 0.29) is 27.9 Å². The number of anilines is 1. The van der Waals surface area contributed by atoms with Crippen LogP contribution < -0.4 is 5.01 Å². The van der Waals surface area contributed by atoms with E-state index in [1.54, 1.807) is 36.4 Å². The van der Waals surface area contributed by atoms with Crippen LogP contribution in [0.25, 0.3) is 16.8 Å². The molecule has 1 aliphatic rings. The van der Waals surface area contributed by atoms with Crippen LogP contribution in [-0.4, -0.2) is 35.9 Å². The van der Waals surface area contributed by atoms with Crippen LogP contribution in [0.2, 0.25) is 15.1 Å². The number of aryl methyl sites for hydroxylation is 1. The Balaban J connectivity index is 1.74. The minimum absolute atomic E-state index is 0.0352. The fraction of sp³-hybridized carbons (Fsp3) is 0.222. The molecule has 2 heterocycles. The van der Waals surface area contributed by atoms with Crippen LogP contribution in [0, 0.1) is 6.92 Å². The van der Waals surface area contributed by atoms with Crippen LogP contribution in [0.5, 0.6) is 0 Å². The van der Waals surface area contributed by atoms with Gasteiger partial charge in [0.1, 0.15) is 11.9 Å². The van der Waals surface area contributed by atoms with E-state index in [4.69, 9.17) is 34.8 Å². The van der Waals surface area contributed by atoms with Gasteiger partial charge in [-0.3, -0.25) is 0 Å². The molecule has 1 atom stereocenters. The summed E-state index contributed by atoms with van der Waals surface area (Å²) in [6, 6.07) is 12.1. The van der Waals surface area contributed by atoms with E-state index in [1.807, 2.05) is 0 Å². The third-order valence-corrected chi connectivity index (χ3v) is 8.79. The lowest BCUT2D eigenvalue weighted by atomic mass is 10.0. The number of aliphatic hydroxyl groups is 1. The van der Waals surface area contributed by atoms with Gasteiger partial charge in [0.2, 0.25) is 0 Å². The minimum atomic E-state index is -4.67. The van der Waals surface area contributed by atoms with Gasteiger partial charge in [-0.05, 0) is 60.0 Å². The fourth-order valence-electron chi connectivity index (χ4n) is 4.75. The highest BCUT2D eigenvalue weighted by Crippen LogP contribution is 2.42. The molecule has 4 aromatic rings. The monoisotopic (exact) mass is 657 g/mol. The SMILES string of the molecule is Cc1nc(C(F)(F)F)cn1-c1ccc(-c2cc(Cl)c(CO)c(S(C)(=O)=O)c2)cc1N1N=NCC1c1ccc(Cl)cc1Cl. The molecule has 220 valence electrons. The van der Waals surface area contributed by atoms with Gasteiger partial charge in [-0.15, -0.1) is 0 Å². The molecule has 3 aromatic carbocycles. The second-order valence-electron chi connectivity index (χ2n) is 9.55. The molecule has 0 aliphatic carbocycles. The predicted octanol–water partition coefficient (Wildman–Crippen LogP) is 7.65. The highest BCUT2D eigenvalue weighted by molar-refractivity contribution is 7.90. The van der Waals surface area contributed by atoms with Crippen LogP contribution in [0.4, 0.5) is 18.9 Å². The molecular weight excluding hydrogens is 638 g/mol. The fourth-order valence-corrected chi connectivity index (χ4v) is 6.58. The van der Waals surface area contributed by atoms with E-state index >= 15 is 0 Å². The van der Waals surface area contributed by atoms with Crippen LogP contribution >= 0.6 is 34.8 Å². The average molecular weight is 659 g/mol. The third kappa shape index (κ3) is 5.73. The number of hydrogen-bond donors (Lipinski definition) is 1. The Bertz CT molecular complexity index is 1840. The molecule has 0 radical (unpaired) electrons. The highest BCUT2D eigenvalue weighted by atomic mass is 35.5. The zero-order valence-corrected chi connectivity index (χ0v) is 24.9. The maximum Gasteiger partial charge on any atom is 0.434 e. The lowest BCUT2D eigenvalue weighted by Crippen LogP contribution is -2.22. The summed E-state index contributed by atoms with van der Waals surface area (Å²) in [5, 5.41) is 20.6. The molecule has 1 N–H and O–H groups in total. The van der Waals surface area contributed by atoms with Crippen molar-refractivity contribution in [1.29, 1.82) is 0 Å². The summed E-state index contributed by atoms with van der Waals surface area (Å²) >= 11 is 19.0. The number of nitrogens with zero attached hydrogens (tertiary/aromatic N) is 5. The van der Waals surface area contributed by atoms with Gasteiger partial charge in [-0.1, -0.05) is 52.2 Å². The van der Waals surface area contributed by atoms with Crippen molar-refractivity contribution >= 4 is 50.3 Å². The van der Waals surface area contributed by atoms with E-state index in [2.05, 4.69) is 15.3 Å². The maximum atomic E-state index is 13.6. The Kier molecular flexibility index (Phi) is 8.05. The Morgan fingerprint density at radius 2 is 1.74 bits per heavy atom. The van der Waals surface area contributed by atoms with Crippen molar-refractivity contribution < 1.29 is 26.7 Å². The van der Waals surface area contributed by atoms with Crippen molar-refractivity contribution in [2.45, 2.75) is 30.6 Å². The van der Waals surface area contributed by atoms with Crippen molar-refractivity contribution in [3.8, 4) is 16.8 Å². The first-order valence-corrected chi connectivity index (χ1v) is 15.2. The van der Waals surface area contributed by atoms with Crippen molar-refractivity contribution in [3.63, 3.8) is 0 Å². The summed E-state index contributed by atoms with van der Waals surface area (Å²) < 4.78 is 67.0. The van der Waals surface area contributed by atoms with Gasteiger partial charge in [-0.25, -0.2) is 18.4 Å². The standard InChI is InChI=1S/C27H21Cl3F3N5O3S/c1-14-35-26(27(31,32)33)12-37(14)22-6-3-15(16-7-20(29)19(13-39)25(9-16)42(2,40)41)8-23(22)38-24(11-34-36-38)18-5-4-17(28)10-21(18)30/h3-10,12,24,39H,11,13H2,1-2H3. The highest BCUT2D eigenvalue weighted by Gasteiger charge is 2.36. The first-order chi connectivity index (χ1) is 19.7. The Morgan fingerprint density at radius 1 is 1.00 bits per heavy atom. The summed E-state index contributed by atoms with van der Waals surface area (Å²) in [4.78, 5) is 3.55. The summed E-state index contributed by atoms with van der Waals surface area (Å²) in [5.74, 6) is 0.0724. The van der Waals surface area contributed by atoms with E-state index in [9.17, 15) is 26.7 Å². The second-order valence-corrected chi connectivity index (χ2v) is 12.8. The molecular formula is C27H21Cl3F3N5O3S. The van der Waals surface area contributed by atoms with Gasteiger partial charge in [-0.2, -0.15) is 18.3 Å². The number of aromatic nitrogens is 2. The van der Waals surface area contributed by atoms with Gasteiger partial charge in [0, 0.05) is 33.1 Å². The lowest BCUT2D eigenvalue weighted by Gasteiger charge is -2.26. The normalized spacial score (nSPS) is 15.5. The maximum absolute atomic E-state index is 13.6. The molecule has 0 fully saturated rings. The quantitative estimate of drug-likeness (QED) is 0.229. The number of sulfone groups is 1. The molecule has 1 unspecified atom stereocenters. The molecule has 15 heteroatoms. The van der Waals surface area contributed by atoms with Crippen LogP contribution in [0.15, 0.2) is 70.0 Å². The summed E-state index contributed by atoms with van der Waals surface area (Å²) in [7, 11) is -3.78. The van der Waals surface area contributed by atoms with Crippen molar-refractivity contribution in [2.24, 2.45) is 10.3 Å². The number of hydrogen-bond acceptors (Lipinski definition) is 7. The van der Waals surface area contributed by atoms with E-state index < -0.39 is 34.4 Å². The molecule has 0 saturated heterocycles. The number of halogens is 6. The molecule has 1 aromatic heterocycles. The molecule has 0 bridgehead atoms. The Labute approximate surface area is 253 Å². The van der Waals surface area contributed by atoms with Gasteiger partial charge in [0.05, 0.1) is 29.4 Å². The van der Waals surface area contributed by atoms with Crippen molar-refractivity contribution in [1.82, 2.24) is 9.55 Å². The summed E-state index contributed by atoms with van der Waals surface area (Å²) in [6.07, 6.45) is -2.78. The molecule has 1 aliphatic heterocycles. The molecule has 0 spiro atoms. The van der Waals surface area contributed by atoms with Gasteiger partial charge in [0.15, 0.2) is 15.5 Å². The first-order valence-electron chi connectivity index (χ1n) is 12.2. The number of benzene rings is 3. The first kappa shape index (κ1) is 30.3. The lowest BCUT2D eigenvalue weighted by molar-refractivity contribution is -0.141. The topological polar surface area (TPSA) is 100 Å². The zero-order valence-electron chi connectivity index (χ0n) is 21.9. The van der Waals surface area contributed by atoms with Crippen LogP contribution in [-0.2, 0) is 22.6 Å². The van der Waals surface area contributed by atoms with Gasteiger partial charge < -0.3 is 9.67 Å². The Hall–Kier alpha value is -3.16. The largest absolute Gasteiger partial charge is 0.434 e. The molecule has 0 amide bonds. The van der Waals surface area contributed by atoms with E-state index in [1.165, 1.54) is 28.6 Å². The molecule has 5 rings (SSSR count). The number of aliphatic hydroxyl groups excluding tert-OH is 1. The van der Waals surface area contributed by atoms with Crippen LogP contribution in [0.1, 0.15) is 28.7 Å². The summed E-state index contributed by atoms with van der Waals surface area (Å²) in [6.45, 7) is 1.04. The number of rotatable bonds is 6. The number of imidazole rings is 1. The van der Waals surface area contributed by atoms with Crippen molar-refractivity contribution in [2.75, 3.05) is 17.8 Å². The average Bonchev–Trinajstić information content (AvgIpc) is 3.54. The molecule has 8 nitrogen and oxygen atoms in total. The molecule has 0 saturated carbocycles. The summed E-state index contributed by atoms with van der Waals surface area (Å²) in [5.41, 5.74) is 1.12. The predicted molar refractivity (Wildman–Crippen MR) is 154 cm³/mol. The van der Waals surface area contributed by atoms with Gasteiger partial charge >= 0.3 is 6.18 Å².